The molecule has 1 atom stereocenters. The third kappa shape index (κ3) is 5.67. The van der Waals surface area contributed by atoms with Crippen molar-refractivity contribution in [1.29, 1.82) is 0 Å². The zero-order valence-corrected chi connectivity index (χ0v) is 21.3. The van der Waals surface area contributed by atoms with E-state index in [-0.39, 0.29) is 22.6 Å². The summed E-state index contributed by atoms with van der Waals surface area (Å²) >= 11 is 0. The van der Waals surface area contributed by atoms with Gasteiger partial charge in [0.05, 0.1) is 19.6 Å². The highest BCUT2D eigenvalue weighted by Gasteiger charge is 2.21. The van der Waals surface area contributed by atoms with Gasteiger partial charge in [-0.05, 0) is 78.2 Å². The van der Waals surface area contributed by atoms with E-state index in [1.807, 2.05) is 25.2 Å². The van der Waals surface area contributed by atoms with Crippen molar-refractivity contribution in [3.05, 3.63) is 126 Å². The monoisotopic (exact) mass is 522 g/mol. The van der Waals surface area contributed by atoms with Gasteiger partial charge < -0.3 is 4.90 Å². The first-order valence-corrected chi connectivity index (χ1v) is 12.2. The Hall–Kier alpha value is -4.91. The van der Waals surface area contributed by atoms with E-state index in [4.69, 9.17) is 1.37 Å². The zero-order valence-electron chi connectivity index (χ0n) is 22.3. The lowest BCUT2D eigenvalue weighted by atomic mass is 10.0. The maximum Gasteiger partial charge on any atom is 0.258 e. The second-order valence-corrected chi connectivity index (χ2v) is 9.14. The van der Waals surface area contributed by atoms with Crippen LogP contribution >= 0.6 is 0 Å². The van der Waals surface area contributed by atoms with Crippen molar-refractivity contribution in [3.8, 4) is 11.1 Å². The normalized spacial score (nSPS) is 12.5. The van der Waals surface area contributed by atoms with Gasteiger partial charge in [-0.15, -0.1) is 0 Å². The number of benzene rings is 4. The lowest BCUT2D eigenvalue weighted by Gasteiger charge is -2.24. The number of aryl methyl sites for hydroxylation is 1. The van der Waals surface area contributed by atoms with Crippen LogP contribution in [0.5, 0.6) is 0 Å². The lowest BCUT2D eigenvalue weighted by Crippen LogP contribution is -2.31. The molecule has 0 aliphatic heterocycles. The second kappa shape index (κ2) is 10.8. The fourth-order valence-electron chi connectivity index (χ4n) is 4.31. The van der Waals surface area contributed by atoms with Gasteiger partial charge in [-0.25, -0.2) is 8.78 Å². The molecule has 4 aromatic carbocycles. The molecule has 194 valence electrons. The Bertz CT molecular complexity index is 1770. The summed E-state index contributed by atoms with van der Waals surface area (Å²) in [6, 6.07) is 22.2. The lowest BCUT2D eigenvalue weighted by molar-refractivity contribution is -0.112. The van der Waals surface area contributed by atoms with Gasteiger partial charge in [-0.1, -0.05) is 42.5 Å². The van der Waals surface area contributed by atoms with Crippen LogP contribution in [-0.4, -0.2) is 21.5 Å². The van der Waals surface area contributed by atoms with Crippen LogP contribution in [0, 0.1) is 11.6 Å². The minimum absolute atomic E-state index is 0.0550. The minimum atomic E-state index is -1.53. The SMILES string of the molecule is [2H]C(c1ccc(-c2ccc3c(cnn3C)c2)cc1F)N(C(=O)c1ccccc1)c1cc(F)cc(/C=C/C(C)=O)c1. The molecule has 5 rings (SSSR count). The van der Waals surface area contributed by atoms with Gasteiger partial charge in [0.2, 0.25) is 0 Å². The molecular weight excluding hydrogens is 496 g/mol. The Morgan fingerprint density at radius 2 is 1.72 bits per heavy atom. The first-order valence-electron chi connectivity index (χ1n) is 12.8. The van der Waals surface area contributed by atoms with Crippen LogP contribution in [0.1, 0.15) is 29.8 Å². The summed E-state index contributed by atoms with van der Waals surface area (Å²) in [5.74, 6) is -2.17. The van der Waals surface area contributed by atoms with Crippen molar-refractivity contribution in [1.82, 2.24) is 9.78 Å². The molecule has 5 aromatic rings. The van der Waals surface area contributed by atoms with Crippen molar-refractivity contribution in [2.24, 2.45) is 7.05 Å². The fourth-order valence-corrected chi connectivity index (χ4v) is 4.31. The molecule has 0 fully saturated rings. The van der Waals surface area contributed by atoms with Gasteiger partial charge in [0.25, 0.3) is 5.91 Å². The number of fused-ring (bicyclic) bond motifs is 1. The third-order valence-corrected chi connectivity index (χ3v) is 6.28. The number of ketones is 1. The van der Waals surface area contributed by atoms with Crippen molar-refractivity contribution in [3.63, 3.8) is 0 Å². The summed E-state index contributed by atoms with van der Waals surface area (Å²) in [5, 5.41) is 5.15. The Labute approximate surface area is 226 Å². The quantitative estimate of drug-likeness (QED) is 0.217. The van der Waals surface area contributed by atoms with Gasteiger partial charge in [-0.2, -0.15) is 5.10 Å². The predicted molar refractivity (Wildman–Crippen MR) is 149 cm³/mol. The van der Waals surface area contributed by atoms with Crippen LogP contribution in [0.15, 0.2) is 97.2 Å². The number of hydrogen-bond acceptors (Lipinski definition) is 3. The number of nitrogens with zero attached hydrogens (tertiary/aromatic N) is 3. The number of allylic oxidation sites excluding steroid dienone is 1. The number of aromatic nitrogens is 2. The summed E-state index contributed by atoms with van der Waals surface area (Å²) in [5.41, 5.74) is 2.90. The largest absolute Gasteiger partial charge is 0.304 e. The Morgan fingerprint density at radius 1 is 0.974 bits per heavy atom. The molecule has 5 nitrogen and oxygen atoms in total. The minimum Gasteiger partial charge on any atom is -0.304 e. The molecule has 0 radical (unpaired) electrons. The van der Waals surface area contributed by atoms with Crippen molar-refractivity contribution in [2.45, 2.75) is 13.4 Å². The second-order valence-electron chi connectivity index (χ2n) is 9.14. The molecule has 1 heterocycles. The molecule has 0 saturated carbocycles. The van der Waals surface area contributed by atoms with Crippen LogP contribution in [0.4, 0.5) is 14.5 Å². The summed E-state index contributed by atoms with van der Waals surface area (Å²) < 4.78 is 41.0. The molecule has 1 unspecified atom stereocenters. The van der Waals surface area contributed by atoms with Gasteiger partial charge in [0.1, 0.15) is 11.6 Å². The standard InChI is InChI=1S/C32H25F2N3O2/c1-21(38)8-9-22-14-28(33)18-29(15-22)37(32(39)23-6-4-3-5-7-23)20-26-11-10-25(17-30(26)34)24-12-13-31-27(16-24)19-35-36(31)2/h3-19H,20H2,1-2H3/b9-8+/i20D. The highest BCUT2D eigenvalue weighted by Crippen LogP contribution is 2.29. The van der Waals surface area contributed by atoms with Crippen molar-refractivity contribution in [2.75, 3.05) is 4.90 Å². The van der Waals surface area contributed by atoms with Crippen LogP contribution < -0.4 is 4.90 Å². The van der Waals surface area contributed by atoms with E-state index in [1.54, 1.807) is 47.3 Å². The molecule has 39 heavy (non-hydrogen) atoms. The Kier molecular flexibility index (Phi) is 6.78. The summed E-state index contributed by atoms with van der Waals surface area (Å²) in [6.45, 7) is -0.169. The molecule has 0 N–H and O–H groups in total. The number of hydrogen-bond donors (Lipinski definition) is 0. The molecule has 1 aromatic heterocycles. The number of rotatable bonds is 7. The molecule has 0 aliphatic rings. The van der Waals surface area contributed by atoms with Crippen LogP contribution in [0.25, 0.3) is 28.1 Å². The van der Waals surface area contributed by atoms with E-state index in [1.165, 1.54) is 43.3 Å². The molecular formula is C32H25F2N3O2. The molecule has 0 aliphatic carbocycles. The summed E-state index contributed by atoms with van der Waals surface area (Å²) in [7, 11) is 1.84. The molecule has 7 heteroatoms. The predicted octanol–water partition coefficient (Wildman–Crippen LogP) is 6.97. The fraction of sp³-hybridized carbons (Fsp3) is 0.0938. The topological polar surface area (TPSA) is 55.2 Å². The molecule has 0 spiro atoms. The van der Waals surface area contributed by atoms with Gasteiger partial charge in [0.15, 0.2) is 5.78 Å². The highest BCUT2D eigenvalue weighted by molar-refractivity contribution is 6.06. The van der Waals surface area contributed by atoms with Crippen molar-refractivity contribution < 1.29 is 19.7 Å². The molecule has 0 saturated heterocycles. The average Bonchev–Trinajstić information content (AvgIpc) is 3.32. The van der Waals surface area contributed by atoms with Crippen LogP contribution in [-0.2, 0) is 18.4 Å². The van der Waals surface area contributed by atoms with E-state index in [9.17, 15) is 14.0 Å². The van der Waals surface area contributed by atoms with E-state index in [2.05, 4.69) is 5.10 Å². The van der Waals surface area contributed by atoms with Gasteiger partial charge >= 0.3 is 0 Å². The first-order chi connectivity index (χ1) is 19.2. The number of carbonyl (C=O) groups is 2. The number of amides is 1. The summed E-state index contributed by atoms with van der Waals surface area (Å²) in [6.07, 6.45) is 4.43. The first kappa shape index (κ1) is 24.4. The summed E-state index contributed by atoms with van der Waals surface area (Å²) in [4.78, 5) is 26.1. The van der Waals surface area contributed by atoms with Crippen molar-refractivity contribution >= 4 is 34.4 Å². The number of carbonyl (C=O) groups excluding carboxylic acids is 2. The smallest absolute Gasteiger partial charge is 0.258 e. The Morgan fingerprint density at radius 3 is 2.46 bits per heavy atom. The maximum atomic E-state index is 15.6. The Balaban J connectivity index is 1.56. The average molecular weight is 523 g/mol. The third-order valence-electron chi connectivity index (χ3n) is 6.28. The highest BCUT2D eigenvalue weighted by atomic mass is 19.1. The van der Waals surface area contributed by atoms with E-state index in [0.29, 0.717) is 11.1 Å². The van der Waals surface area contributed by atoms with Gasteiger partial charge in [-0.3, -0.25) is 14.3 Å². The van der Waals surface area contributed by atoms with Gasteiger partial charge in [0, 0.05) is 29.2 Å². The molecule has 1 amide bonds. The van der Waals surface area contributed by atoms with E-state index >= 15 is 4.39 Å². The number of halogens is 2. The molecule has 0 bridgehead atoms. The van der Waals surface area contributed by atoms with Crippen LogP contribution in [0.2, 0.25) is 0 Å². The maximum absolute atomic E-state index is 15.6. The number of anilines is 1. The van der Waals surface area contributed by atoms with E-state index in [0.717, 1.165) is 27.4 Å². The van der Waals surface area contributed by atoms with E-state index < -0.39 is 24.1 Å². The zero-order chi connectivity index (χ0) is 28.4. The van der Waals surface area contributed by atoms with Crippen LogP contribution in [0.3, 0.4) is 0 Å².